The molecule has 0 bridgehead atoms. The third-order valence-electron chi connectivity index (χ3n) is 2.28. The van der Waals surface area contributed by atoms with Crippen LogP contribution in [-0.2, 0) is 0 Å². The zero-order valence-corrected chi connectivity index (χ0v) is 10.8. The fourth-order valence-electron chi connectivity index (χ4n) is 1.48. The van der Waals surface area contributed by atoms with E-state index in [0.29, 0.717) is 6.61 Å². The van der Waals surface area contributed by atoms with Gasteiger partial charge in [0.2, 0.25) is 0 Å². The van der Waals surface area contributed by atoms with Crippen LogP contribution >= 0.6 is 11.6 Å². The van der Waals surface area contributed by atoms with Crippen LogP contribution in [0.1, 0.15) is 11.1 Å². The van der Waals surface area contributed by atoms with E-state index in [4.69, 9.17) is 16.3 Å². The zero-order valence-electron chi connectivity index (χ0n) is 10.1. The molecule has 1 aromatic carbocycles. The van der Waals surface area contributed by atoms with Crippen molar-refractivity contribution in [2.75, 3.05) is 20.2 Å². The summed E-state index contributed by atoms with van der Waals surface area (Å²) in [5, 5.41) is 3.84. The average Bonchev–Trinajstić information content (AvgIpc) is 2.23. The van der Waals surface area contributed by atoms with Crippen LogP contribution in [0.25, 0.3) is 0 Å². The molecule has 0 aliphatic carbocycles. The summed E-state index contributed by atoms with van der Waals surface area (Å²) in [5.74, 6) is 0.844. The molecule has 0 heterocycles. The van der Waals surface area contributed by atoms with Crippen LogP contribution < -0.4 is 10.1 Å². The Morgan fingerprint density at radius 3 is 2.44 bits per heavy atom. The molecule has 0 unspecified atom stereocenters. The van der Waals surface area contributed by atoms with Gasteiger partial charge in [0.05, 0.1) is 0 Å². The smallest absolute Gasteiger partial charge is 0.120 e. The topological polar surface area (TPSA) is 21.3 Å². The van der Waals surface area contributed by atoms with E-state index in [1.807, 2.05) is 33.0 Å². The van der Waals surface area contributed by atoms with Gasteiger partial charge in [0.25, 0.3) is 0 Å². The van der Waals surface area contributed by atoms with Crippen molar-refractivity contribution < 1.29 is 4.74 Å². The number of ether oxygens (including phenoxy) is 1. The van der Waals surface area contributed by atoms with Crippen molar-refractivity contribution in [3.05, 3.63) is 40.4 Å². The first-order valence-corrected chi connectivity index (χ1v) is 5.63. The maximum atomic E-state index is 6.08. The summed E-state index contributed by atoms with van der Waals surface area (Å²) in [6.07, 6.45) is 0. The lowest BCUT2D eigenvalue weighted by Crippen LogP contribution is -2.14. The van der Waals surface area contributed by atoms with E-state index < -0.39 is 0 Å². The van der Waals surface area contributed by atoms with Crippen LogP contribution in [0.5, 0.6) is 5.75 Å². The summed E-state index contributed by atoms with van der Waals surface area (Å²) in [5.41, 5.74) is 3.10. The van der Waals surface area contributed by atoms with Crippen molar-refractivity contribution in [1.29, 1.82) is 0 Å². The molecule has 1 aromatic rings. The molecule has 0 saturated carbocycles. The number of aryl methyl sites for hydroxylation is 2. The molecule has 2 nitrogen and oxygen atoms in total. The molecule has 0 saturated heterocycles. The first-order valence-electron chi connectivity index (χ1n) is 5.25. The Kier molecular flexibility index (Phi) is 4.84. The standard InChI is InChI=1S/C13H18ClNO/c1-9(7-15-4)8-16-12-5-10(2)13(14)11(3)6-12/h5-6,15H,1,7-8H2,2-4H3. The van der Waals surface area contributed by atoms with E-state index in [1.165, 1.54) is 0 Å². The van der Waals surface area contributed by atoms with E-state index in [9.17, 15) is 0 Å². The number of hydrogen-bond acceptors (Lipinski definition) is 2. The number of likely N-dealkylation sites (N-methyl/N-ethyl adjacent to an activating group) is 1. The molecule has 3 heteroatoms. The molecule has 0 amide bonds. The van der Waals surface area contributed by atoms with Crippen LogP contribution in [0.2, 0.25) is 5.02 Å². The molecule has 0 spiro atoms. The van der Waals surface area contributed by atoms with Gasteiger partial charge in [-0.25, -0.2) is 0 Å². The highest BCUT2D eigenvalue weighted by Crippen LogP contribution is 2.25. The van der Waals surface area contributed by atoms with Gasteiger partial charge in [-0.05, 0) is 49.7 Å². The van der Waals surface area contributed by atoms with Gasteiger partial charge in [0.15, 0.2) is 0 Å². The first kappa shape index (κ1) is 13.1. The third kappa shape index (κ3) is 3.54. The fourth-order valence-corrected chi connectivity index (χ4v) is 1.59. The van der Waals surface area contributed by atoms with Gasteiger partial charge in [-0.15, -0.1) is 0 Å². The molecule has 1 rings (SSSR count). The van der Waals surface area contributed by atoms with Crippen LogP contribution in [0.15, 0.2) is 24.3 Å². The minimum absolute atomic E-state index is 0.529. The molecule has 0 fully saturated rings. The summed E-state index contributed by atoms with van der Waals surface area (Å²) in [4.78, 5) is 0. The van der Waals surface area contributed by atoms with Crippen molar-refractivity contribution in [1.82, 2.24) is 5.32 Å². The number of hydrogen-bond donors (Lipinski definition) is 1. The lowest BCUT2D eigenvalue weighted by Gasteiger charge is -2.11. The maximum absolute atomic E-state index is 6.08. The van der Waals surface area contributed by atoms with Gasteiger partial charge < -0.3 is 10.1 Å². The Balaban J connectivity index is 2.65. The molecule has 0 aliphatic heterocycles. The lowest BCUT2D eigenvalue weighted by molar-refractivity contribution is 0.348. The van der Waals surface area contributed by atoms with Crippen LogP contribution in [-0.4, -0.2) is 20.2 Å². The van der Waals surface area contributed by atoms with Gasteiger partial charge in [-0.2, -0.15) is 0 Å². The normalized spacial score (nSPS) is 10.2. The Bertz CT molecular complexity index is 365. The molecule has 0 aromatic heterocycles. The minimum atomic E-state index is 0.529. The predicted molar refractivity (Wildman–Crippen MR) is 69.5 cm³/mol. The average molecular weight is 240 g/mol. The highest BCUT2D eigenvalue weighted by Gasteiger charge is 2.03. The Morgan fingerprint density at radius 1 is 1.38 bits per heavy atom. The van der Waals surface area contributed by atoms with Crippen molar-refractivity contribution >= 4 is 11.6 Å². The van der Waals surface area contributed by atoms with Gasteiger partial charge in [0.1, 0.15) is 12.4 Å². The van der Waals surface area contributed by atoms with Gasteiger partial charge >= 0.3 is 0 Å². The monoisotopic (exact) mass is 239 g/mol. The highest BCUT2D eigenvalue weighted by atomic mass is 35.5. The van der Waals surface area contributed by atoms with Gasteiger partial charge in [-0.1, -0.05) is 18.2 Å². The molecule has 1 N–H and O–H groups in total. The highest BCUT2D eigenvalue weighted by molar-refractivity contribution is 6.32. The molecular formula is C13H18ClNO. The summed E-state index contributed by atoms with van der Waals surface area (Å²) >= 11 is 6.08. The maximum Gasteiger partial charge on any atom is 0.120 e. The van der Waals surface area contributed by atoms with Crippen molar-refractivity contribution in [2.45, 2.75) is 13.8 Å². The van der Waals surface area contributed by atoms with Crippen molar-refractivity contribution in [2.24, 2.45) is 0 Å². The van der Waals surface area contributed by atoms with E-state index in [2.05, 4.69) is 11.9 Å². The predicted octanol–water partition coefficient (Wildman–Crippen LogP) is 3.11. The second-order valence-corrected chi connectivity index (χ2v) is 4.32. The van der Waals surface area contributed by atoms with E-state index >= 15 is 0 Å². The fraction of sp³-hybridized carbons (Fsp3) is 0.385. The molecule has 0 radical (unpaired) electrons. The number of rotatable bonds is 5. The Labute approximate surface area is 102 Å². The van der Waals surface area contributed by atoms with Crippen LogP contribution in [0.3, 0.4) is 0 Å². The third-order valence-corrected chi connectivity index (χ3v) is 2.88. The summed E-state index contributed by atoms with van der Waals surface area (Å²) in [6, 6.07) is 3.89. The number of halogens is 1. The summed E-state index contributed by atoms with van der Waals surface area (Å²) < 4.78 is 5.64. The summed E-state index contributed by atoms with van der Waals surface area (Å²) in [7, 11) is 1.89. The molecule has 88 valence electrons. The Morgan fingerprint density at radius 2 is 1.94 bits per heavy atom. The second kappa shape index (κ2) is 5.92. The van der Waals surface area contributed by atoms with E-state index in [1.54, 1.807) is 0 Å². The first-order chi connectivity index (χ1) is 7.54. The molecular weight excluding hydrogens is 222 g/mol. The quantitative estimate of drug-likeness (QED) is 0.798. The SMILES string of the molecule is C=C(CNC)COc1cc(C)c(Cl)c(C)c1. The van der Waals surface area contributed by atoms with Crippen LogP contribution in [0.4, 0.5) is 0 Å². The molecule has 16 heavy (non-hydrogen) atoms. The number of benzene rings is 1. The van der Waals surface area contributed by atoms with Crippen LogP contribution in [0, 0.1) is 13.8 Å². The van der Waals surface area contributed by atoms with Crippen molar-refractivity contribution in [3.63, 3.8) is 0 Å². The van der Waals surface area contributed by atoms with Gasteiger partial charge in [-0.3, -0.25) is 0 Å². The second-order valence-electron chi connectivity index (χ2n) is 3.94. The van der Waals surface area contributed by atoms with E-state index in [-0.39, 0.29) is 0 Å². The minimum Gasteiger partial charge on any atom is -0.489 e. The molecule has 0 atom stereocenters. The zero-order chi connectivity index (χ0) is 12.1. The summed E-state index contributed by atoms with van der Waals surface area (Å²) in [6.45, 7) is 9.16. The molecule has 0 aliphatic rings. The largest absolute Gasteiger partial charge is 0.489 e. The van der Waals surface area contributed by atoms with Crippen molar-refractivity contribution in [3.8, 4) is 5.75 Å². The number of nitrogens with one attached hydrogen (secondary N) is 1. The lowest BCUT2D eigenvalue weighted by atomic mass is 10.1. The Hall–Kier alpha value is -0.990. The van der Waals surface area contributed by atoms with E-state index in [0.717, 1.165) is 34.0 Å². The van der Waals surface area contributed by atoms with Gasteiger partial charge in [0, 0.05) is 11.6 Å².